The molecule has 0 saturated carbocycles. The molecular weight excluding hydrogens is 585 g/mol. The Morgan fingerprint density at radius 3 is 2.59 bits per heavy atom. The molecule has 2 aromatic carbocycles. The van der Waals surface area contributed by atoms with Crippen LogP contribution in [0.25, 0.3) is 0 Å². The van der Waals surface area contributed by atoms with Crippen LogP contribution < -0.4 is 5.32 Å². The number of oxime groups is 2. The van der Waals surface area contributed by atoms with Crippen molar-refractivity contribution in [1.29, 1.82) is 0 Å². The van der Waals surface area contributed by atoms with Crippen molar-refractivity contribution in [3.63, 3.8) is 0 Å². The van der Waals surface area contributed by atoms with Gasteiger partial charge in [0.05, 0.1) is 11.3 Å². The summed E-state index contributed by atoms with van der Waals surface area (Å²) in [6.45, 7) is 2.09. The monoisotopic (exact) mass is 599 g/mol. The van der Waals surface area contributed by atoms with E-state index in [4.69, 9.17) is 32.9 Å². The molecule has 2 aromatic rings. The zero-order valence-corrected chi connectivity index (χ0v) is 20.0. The van der Waals surface area contributed by atoms with Crippen LogP contribution in [0, 0.1) is 3.57 Å². The molecular formula is C20H15Cl2F3IN3O3. The first-order valence-corrected chi connectivity index (χ1v) is 10.9. The molecule has 0 spiro atoms. The lowest BCUT2D eigenvalue weighted by atomic mass is 9.86. The normalized spacial score (nSPS) is 18.4. The van der Waals surface area contributed by atoms with Crippen molar-refractivity contribution in [2.45, 2.75) is 25.1 Å². The standard InChI is InChI=1S/C20H15Cl2F3IN3O3/c1-2-31-28-10-27-18(30)15-4-3-11(5-16(15)26)17-9-19(32-29-17,20(23,24)25)12-6-13(21)8-14(22)7-12/h3-8,10H,2,9H2,1H3,(H,27,28,30). The van der Waals surface area contributed by atoms with Crippen LogP contribution in [0.15, 0.2) is 46.7 Å². The summed E-state index contributed by atoms with van der Waals surface area (Å²) in [7, 11) is 0. The third-order valence-corrected chi connectivity index (χ3v) is 5.84. The van der Waals surface area contributed by atoms with E-state index in [1.165, 1.54) is 18.2 Å². The minimum atomic E-state index is -4.79. The second-order valence-corrected chi connectivity index (χ2v) is 8.64. The molecule has 0 aliphatic carbocycles. The average molecular weight is 600 g/mol. The van der Waals surface area contributed by atoms with Gasteiger partial charge in [0.15, 0.2) is 0 Å². The van der Waals surface area contributed by atoms with Gasteiger partial charge in [-0.2, -0.15) is 13.2 Å². The van der Waals surface area contributed by atoms with Gasteiger partial charge >= 0.3 is 6.18 Å². The van der Waals surface area contributed by atoms with Crippen molar-refractivity contribution in [2.75, 3.05) is 6.61 Å². The summed E-state index contributed by atoms with van der Waals surface area (Å²) in [6, 6.07) is 8.16. The minimum absolute atomic E-state index is 0.0472. The van der Waals surface area contributed by atoms with E-state index in [-0.39, 0.29) is 21.3 Å². The second kappa shape index (κ2) is 9.84. The fourth-order valence-corrected chi connectivity index (χ4v) is 4.29. The van der Waals surface area contributed by atoms with Crippen LogP contribution in [0.5, 0.6) is 0 Å². The first-order valence-electron chi connectivity index (χ1n) is 9.10. The molecule has 32 heavy (non-hydrogen) atoms. The smallest absolute Gasteiger partial charge is 0.395 e. The summed E-state index contributed by atoms with van der Waals surface area (Å²) in [4.78, 5) is 22.0. The predicted octanol–water partition coefficient (Wildman–Crippen LogP) is 5.89. The maximum atomic E-state index is 14.1. The molecule has 0 radical (unpaired) electrons. The van der Waals surface area contributed by atoms with Gasteiger partial charge in [-0.1, -0.05) is 39.6 Å². The van der Waals surface area contributed by atoms with E-state index in [9.17, 15) is 18.0 Å². The van der Waals surface area contributed by atoms with Crippen molar-refractivity contribution < 1.29 is 27.6 Å². The fraction of sp³-hybridized carbons (Fsp3) is 0.250. The van der Waals surface area contributed by atoms with E-state index in [0.717, 1.165) is 18.5 Å². The number of hydrogen-bond donors (Lipinski definition) is 1. The molecule has 6 nitrogen and oxygen atoms in total. The van der Waals surface area contributed by atoms with Crippen LogP contribution in [-0.4, -0.2) is 30.7 Å². The molecule has 1 aliphatic heterocycles. The molecule has 1 unspecified atom stereocenters. The Morgan fingerprint density at radius 1 is 1.31 bits per heavy atom. The number of nitrogens with zero attached hydrogens (tertiary/aromatic N) is 2. The van der Waals surface area contributed by atoms with Crippen LogP contribution in [-0.2, 0) is 15.3 Å². The van der Waals surface area contributed by atoms with Gasteiger partial charge in [-0.3, -0.25) is 4.79 Å². The van der Waals surface area contributed by atoms with Crippen LogP contribution in [0.1, 0.15) is 34.8 Å². The largest absolute Gasteiger partial charge is 0.435 e. The molecule has 0 aromatic heterocycles. The third-order valence-electron chi connectivity index (χ3n) is 4.51. The lowest BCUT2D eigenvalue weighted by molar-refractivity contribution is -0.275. The highest BCUT2D eigenvalue weighted by Crippen LogP contribution is 2.49. The van der Waals surface area contributed by atoms with Gasteiger partial charge in [0, 0.05) is 31.2 Å². The van der Waals surface area contributed by atoms with Crippen molar-refractivity contribution >= 4 is 63.8 Å². The molecule has 0 fully saturated rings. The van der Waals surface area contributed by atoms with E-state index < -0.39 is 24.1 Å². The Kier molecular flexibility index (Phi) is 7.56. The van der Waals surface area contributed by atoms with Gasteiger partial charge < -0.3 is 15.0 Å². The molecule has 1 atom stereocenters. The summed E-state index contributed by atoms with van der Waals surface area (Å²) in [5, 5.41) is 9.78. The van der Waals surface area contributed by atoms with Gasteiger partial charge in [-0.05, 0) is 59.8 Å². The Bertz CT molecular complexity index is 1080. The minimum Gasteiger partial charge on any atom is -0.395 e. The Hall–Kier alpha value is -2.05. The number of rotatable bonds is 6. The van der Waals surface area contributed by atoms with Gasteiger partial charge in [0.2, 0.25) is 0 Å². The van der Waals surface area contributed by atoms with Crippen LogP contribution >= 0.6 is 45.8 Å². The maximum absolute atomic E-state index is 14.1. The summed E-state index contributed by atoms with van der Waals surface area (Å²) in [5.41, 5.74) is -2.22. The number of amides is 1. The number of alkyl halides is 3. The van der Waals surface area contributed by atoms with Gasteiger partial charge in [0.25, 0.3) is 11.5 Å². The number of carbonyl (C=O) groups excluding carboxylic acids is 1. The lowest BCUT2D eigenvalue weighted by Crippen LogP contribution is -2.42. The molecule has 1 N–H and O–H groups in total. The molecule has 170 valence electrons. The van der Waals surface area contributed by atoms with Crippen LogP contribution in [0.3, 0.4) is 0 Å². The third kappa shape index (κ3) is 5.12. The lowest BCUT2D eigenvalue weighted by Gasteiger charge is -2.29. The van der Waals surface area contributed by atoms with Gasteiger partial charge in [0.1, 0.15) is 12.9 Å². The maximum Gasteiger partial charge on any atom is 0.435 e. The molecule has 3 rings (SSSR count). The highest BCUT2D eigenvalue weighted by Gasteiger charge is 2.62. The zero-order chi connectivity index (χ0) is 23.5. The Labute approximate surface area is 204 Å². The van der Waals surface area contributed by atoms with Crippen molar-refractivity contribution in [1.82, 2.24) is 5.32 Å². The number of halogens is 6. The SMILES string of the molecule is CCON=CNC(=O)c1ccc(C2=NOC(c3cc(Cl)cc(Cl)c3)(C(F)(F)F)C2)cc1I. The van der Waals surface area contributed by atoms with Gasteiger partial charge in [-0.25, -0.2) is 0 Å². The van der Waals surface area contributed by atoms with Crippen molar-refractivity contribution in [3.8, 4) is 0 Å². The molecule has 0 saturated heterocycles. The number of carbonyl (C=O) groups is 1. The number of nitrogens with one attached hydrogen (secondary N) is 1. The molecule has 12 heteroatoms. The molecule has 1 aliphatic rings. The average Bonchev–Trinajstić information content (AvgIpc) is 3.17. The Balaban J connectivity index is 1.87. The first kappa shape index (κ1) is 24.6. The van der Waals surface area contributed by atoms with E-state index in [1.807, 2.05) is 22.6 Å². The number of benzene rings is 2. The first-order chi connectivity index (χ1) is 15.1. The summed E-state index contributed by atoms with van der Waals surface area (Å²) < 4.78 is 42.8. The predicted molar refractivity (Wildman–Crippen MR) is 123 cm³/mol. The van der Waals surface area contributed by atoms with Crippen molar-refractivity contribution in [2.24, 2.45) is 10.3 Å². The van der Waals surface area contributed by atoms with E-state index in [2.05, 4.69) is 15.6 Å². The second-order valence-electron chi connectivity index (χ2n) is 6.61. The summed E-state index contributed by atoms with van der Waals surface area (Å²) in [6.07, 6.45) is -4.27. The van der Waals surface area contributed by atoms with Crippen molar-refractivity contribution in [3.05, 3.63) is 66.7 Å². The highest BCUT2D eigenvalue weighted by atomic mass is 127. The van der Waals surface area contributed by atoms with E-state index in [1.54, 1.807) is 13.0 Å². The summed E-state index contributed by atoms with van der Waals surface area (Å²) >= 11 is 13.7. The highest BCUT2D eigenvalue weighted by molar-refractivity contribution is 14.1. The quantitative estimate of drug-likeness (QED) is 0.195. The molecule has 0 bridgehead atoms. The van der Waals surface area contributed by atoms with Crippen LogP contribution in [0.2, 0.25) is 10.0 Å². The van der Waals surface area contributed by atoms with E-state index in [0.29, 0.717) is 21.3 Å². The zero-order valence-electron chi connectivity index (χ0n) is 16.3. The van der Waals surface area contributed by atoms with Gasteiger partial charge in [-0.15, -0.1) is 0 Å². The Morgan fingerprint density at radius 2 is 2.00 bits per heavy atom. The van der Waals surface area contributed by atoms with E-state index >= 15 is 0 Å². The molecule has 1 amide bonds. The summed E-state index contributed by atoms with van der Waals surface area (Å²) in [5.74, 6) is -0.452. The molecule has 1 heterocycles. The number of hydrogen-bond acceptors (Lipinski definition) is 5. The topological polar surface area (TPSA) is 72.3 Å². The van der Waals surface area contributed by atoms with Crippen LogP contribution in [0.4, 0.5) is 13.2 Å². The fourth-order valence-electron chi connectivity index (χ4n) is 3.00.